The molecule has 9 heteroatoms. The number of ether oxygens (including phenoxy) is 1. The lowest BCUT2D eigenvalue weighted by Crippen LogP contribution is -2.43. The molecule has 164 valence electrons. The normalized spacial score (nSPS) is 16.4. The van der Waals surface area contributed by atoms with Crippen molar-refractivity contribution in [2.24, 2.45) is 5.10 Å². The summed E-state index contributed by atoms with van der Waals surface area (Å²) in [4.78, 5) is 29.4. The van der Waals surface area contributed by atoms with Crippen LogP contribution in [0.3, 0.4) is 0 Å². The van der Waals surface area contributed by atoms with Crippen LogP contribution in [0.15, 0.2) is 72.4 Å². The van der Waals surface area contributed by atoms with Gasteiger partial charge in [0, 0.05) is 6.42 Å². The van der Waals surface area contributed by atoms with E-state index < -0.39 is 12.0 Å². The van der Waals surface area contributed by atoms with E-state index >= 15 is 0 Å². The van der Waals surface area contributed by atoms with E-state index in [4.69, 9.17) is 4.74 Å². The summed E-state index contributed by atoms with van der Waals surface area (Å²) in [6, 6.07) is 16.1. The minimum Gasteiger partial charge on any atom is -0.461 e. The second-order valence-corrected chi connectivity index (χ2v) is 7.33. The summed E-state index contributed by atoms with van der Waals surface area (Å²) >= 11 is 0. The van der Waals surface area contributed by atoms with Crippen LogP contribution in [0.1, 0.15) is 31.9 Å². The number of hydrogen-bond donors (Lipinski definition) is 1. The SMILES string of the molecule is CCOC(=O)C1=NN(c2ccccc2)C(C(=O)NC(C)c2ccc(-n3cncn3)cc2)C1. The van der Waals surface area contributed by atoms with Crippen molar-refractivity contribution in [2.45, 2.75) is 32.4 Å². The number of anilines is 1. The van der Waals surface area contributed by atoms with Crippen molar-refractivity contribution < 1.29 is 14.3 Å². The van der Waals surface area contributed by atoms with Gasteiger partial charge >= 0.3 is 5.97 Å². The smallest absolute Gasteiger partial charge is 0.354 e. The zero-order valence-electron chi connectivity index (χ0n) is 17.9. The van der Waals surface area contributed by atoms with Gasteiger partial charge in [0.15, 0.2) is 0 Å². The maximum atomic E-state index is 13.2. The first-order chi connectivity index (χ1) is 15.6. The fourth-order valence-electron chi connectivity index (χ4n) is 3.52. The molecule has 0 radical (unpaired) electrons. The molecule has 2 aromatic carbocycles. The highest BCUT2D eigenvalue weighted by Gasteiger charge is 2.37. The Morgan fingerprint density at radius 3 is 2.53 bits per heavy atom. The average Bonchev–Trinajstić information content (AvgIpc) is 3.50. The fourth-order valence-corrected chi connectivity index (χ4v) is 3.52. The number of hydrogen-bond acceptors (Lipinski definition) is 7. The van der Waals surface area contributed by atoms with Crippen LogP contribution >= 0.6 is 0 Å². The second-order valence-electron chi connectivity index (χ2n) is 7.33. The Labute approximate surface area is 185 Å². The van der Waals surface area contributed by atoms with Crippen LogP contribution in [0.4, 0.5) is 5.69 Å². The molecule has 0 saturated heterocycles. The van der Waals surface area contributed by atoms with E-state index in [0.717, 1.165) is 16.9 Å². The molecule has 1 aliphatic heterocycles. The third kappa shape index (κ3) is 4.51. The molecule has 0 saturated carbocycles. The number of benzene rings is 2. The van der Waals surface area contributed by atoms with Crippen LogP contribution in [0.2, 0.25) is 0 Å². The molecule has 1 aliphatic rings. The van der Waals surface area contributed by atoms with E-state index in [2.05, 4.69) is 20.5 Å². The Morgan fingerprint density at radius 2 is 1.88 bits per heavy atom. The number of esters is 1. The zero-order chi connectivity index (χ0) is 22.5. The minimum absolute atomic E-state index is 0.178. The number of aromatic nitrogens is 3. The van der Waals surface area contributed by atoms with Crippen LogP contribution in [0, 0.1) is 0 Å². The van der Waals surface area contributed by atoms with Crippen molar-refractivity contribution >= 4 is 23.3 Å². The standard InChI is InChI=1S/C23H24N6O3/c1-3-32-23(31)20-13-21(29(27-20)19-7-5-4-6-8-19)22(30)26-16(2)17-9-11-18(12-10-17)28-15-24-14-25-28/h4-12,14-16,21H,3,13H2,1-2H3,(H,26,30). The molecule has 2 unspecified atom stereocenters. The van der Waals surface area contributed by atoms with E-state index in [-0.39, 0.29) is 30.7 Å². The molecule has 1 aromatic heterocycles. The molecular formula is C23H24N6O3. The van der Waals surface area contributed by atoms with Crippen LogP contribution in [0.5, 0.6) is 0 Å². The number of para-hydroxylation sites is 1. The van der Waals surface area contributed by atoms with Gasteiger partial charge in [-0.3, -0.25) is 9.80 Å². The Hall–Kier alpha value is -4.01. The van der Waals surface area contributed by atoms with Crippen molar-refractivity contribution in [1.82, 2.24) is 20.1 Å². The first-order valence-electron chi connectivity index (χ1n) is 10.4. The number of hydrazone groups is 1. The molecule has 4 rings (SSSR count). The summed E-state index contributed by atoms with van der Waals surface area (Å²) in [7, 11) is 0. The number of rotatable bonds is 7. The van der Waals surface area contributed by atoms with E-state index in [1.165, 1.54) is 6.33 Å². The summed E-state index contributed by atoms with van der Waals surface area (Å²) in [6.45, 7) is 3.90. The summed E-state index contributed by atoms with van der Waals surface area (Å²) in [6.07, 6.45) is 3.28. The van der Waals surface area contributed by atoms with Crippen molar-refractivity contribution in [1.29, 1.82) is 0 Å². The van der Waals surface area contributed by atoms with Gasteiger partial charge in [-0.2, -0.15) is 10.2 Å². The molecule has 1 amide bonds. The van der Waals surface area contributed by atoms with E-state index in [0.29, 0.717) is 0 Å². The Morgan fingerprint density at radius 1 is 1.12 bits per heavy atom. The molecule has 0 aliphatic carbocycles. The maximum Gasteiger partial charge on any atom is 0.354 e. The van der Waals surface area contributed by atoms with Gasteiger partial charge in [0.1, 0.15) is 24.4 Å². The maximum absolute atomic E-state index is 13.2. The molecule has 2 atom stereocenters. The molecule has 1 N–H and O–H groups in total. The molecule has 0 bridgehead atoms. The number of nitrogens with one attached hydrogen (secondary N) is 1. The third-order valence-electron chi connectivity index (χ3n) is 5.18. The van der Waals surface area contributed by atoms with E-state index in [1.54, 1.807) is 22.9 Å². The Balaban J connectivity index is 1.49. The molecule has 0 spiro atoms. The summed E-state index contributed by atoms with van der Waals surface area (Å²) in [5.74, 6) is -0.717. The lowest BCUT2D eigenvalue weighted by molar-refractivity contribution is -0.135. The molecule has 9 nitrogen and oxygen atoms in total. The van der Waals surface area contributed by atoms with Gasteiger partial charge in [0.2, 0.25) is 5.91 Å². The predicted octanol–water partition coefficient (Wildman–Crippen LogP) is 2.64. The summed E-state index contributed by atoms with van der Waals surface area (Å²) in [5.41, 5.74) is 2.79. The lowest BCUT2D eigenvalue weighted by atomic mass is 10.1. The quantitative estimate of drug-likeness (QED) is 0.576. The summed E-state index contributed by atoms with van der Waals surface area (Å²) < 4.78 is 6.75. The van der Waals surface area contributed by atoms with Crippen molar-refractivity contribution in [3.63, 3.8) is 0 Å². The van der Waals surface area contributed by atoms with Gasteiger partial charge in [-0.15, -0.1) is 0 Å². The first-order valence-corrected chi connectivity index (χ1v) is 10.4. The molecule has 0 fully saturated rings. The number of carbonyl (C=O) groups is 2. The van der Waals surface area contributed by atoms with Crippen LogP contribution in [-0.2, 0) is 14.3 Å². The molecular weight excluding hydrogens is 408 g/mol. The Kier molecular flexibility index (Phi) is 6.25. The predicted molar refractivity (Wildman–Crippen MR) is 119 cm³/mol. The van der Waals surface area contributed by atoms with Gasteiger partial charge in [-0.05, 0) is 43.7 Å². The summed E-state index contributed by atoms with van der Waals surface area (Å²) in [5, 5.41) is 13.1. The van der Waals surface area contributed by atoms with Gasteiger partial charge < -0.3 is 10.1 Å². The highest BCUT2D eigenvalue weighted by molar-refractivity contribution is 6.38. The van der Waals surface area contributed by atoms with Crippen molar-refractivity contribution in [3.05, 3.63) is 72.8 Å². The Bertz CT molecular complexity index is 1100. The van der Waals surface area contributed by atoms with Gasteiger partial charge in [0.05, 0.1) is 24.0 Å². The number of nitrogens with zero attached hydrogens (tertiary/aromatic N) is 5. The topological polar surface area (TPSA) is 102 Å². The van der Waals surface area contributed by atoms with Crippen LogP contribution < -0.4 is 10.3 Å². The molecule has 3 aromatic rings. The number of carbonyl (C=O) groups excluding carboxylic acids is 2. The van der Waals surface area contributed by atoms with Gasteiger partial charge in [-0.25, -0.2) is 14.5 Å². The van der Waals surface area contributed by atoms with E-state index in [1.807, 2.05) is 61.5 Å². The lowest BCUT2D eigenvalue weighted by Gasteiger charge is -2.24. The molecule has 32 heavy (non-hydrogen) atoms. The monoisotopic (exact) mass is 432 g/mol. The molecule has 2 heterocycles. The van der Waals surface area contributed by atoms with Gasteiger partial charge in [0.25, 0.3) is 0 Å². The highest BCUT2D eigenvalue weighted by atomic mass is 16.5. The van der Waals surface area contributed by atoms with Crippen molar-refractivity contribution in [3.8, 4) is 5.69 Å². The van der Waals surface area contributed by atoms with Crippen molar-refractivity contribution in [2.75, 3.05) is 11.6 Å². The van der Waals surface area contributed by atoms with Crippen LogP contribution in [-0.4, -0.2) is 45.0 Å². The van der Waals surface area contributed by atoms with Crippen LogP contribution in [0.25, 0.3) is 5.69 Å². The first kappa shape index (κ1) is 21.2. The highest BCUT2D eigenvalue weighted by Crippen LogP contribution is 2.26. The zero-order valence-corrected chi connectivity index (χ0v) is 17.9. The number of amides is 1. The average molecular weight is 432 g/mol. The third-order valence-corrected chi connectivity index (χ3v) is 5.18. The van der Waals surface area contributed by atoms with Gasteiger partial charge in [-0.1, -0.05) is 30.3 Å². The fraction of sp³-hybridized carbons (Fsp3) is 0.261. The largest absolute Gasteiger partial charge is 0.461 e. The second kappa shape index (κ2) is 9.42. The minimum atomic E-state index is -0.645. The van der Waals surface area contributed by atoms with E-state index in [9.17, 15) is 9.59 Å².